The average molecular weight is 197 g/mol. The van der Waals surface area contributed by atoms with Crippen LogP contribution in [-0.2, 0) is 4.74 Å². The van der Waals surface area contributed by atoms with Crippen LogP contribution in [0.1, 0.15) is 33.6 Å². The van der Waals surface area contributed by atoms with Gasteiger partial charge in [0.05, 0.1) is 6.10 Å². The first-order valence-electron chi connectivity index (χ1n) is 5.63. The molecule has 0 spiro atoms. The Morgan fingerprint density at radius 3 is 2.71 bits per heavy atom. The van der Waals surface area contributed by atoms with Crippen molar-refractivity contribution >= 4 is 0 Å². The normalized spacial score (nSPS) is 30.3. The van der Waals surface area contributed by atoms with Gasteiger partial charge in [-0.3, -0.25) is 0 Å². The fraction of sp³-hybridized carbons (Fsp3) is 0.833. The Balaban J connectivity index is 2.36. The predicted molar refractivity (Wildman–Crippen MR) is 60.4 cm³/mol. The van der Waals surface area contributed by atoms with E-state index < -0.39 is 0 Å². The second-order valence-electron chi connectivity index (χ2n) is 4.57. The SMILES string of the molecule is C=CC(C)NC1CCOC(C(C)C)C1. The Morgan fingerprint density at radius 1 is 1.43 bits per heavy atom. The Morgan fingerprint density at radius 2 is 2.14 bits per heavy atom. The van der Waals surface area contributed by atoms with E-state index in [1.54, 1.807) is 0 Å². The molecule has 0 saturated carbocycles. The van der Waals surface area contributed by atoms with Crippen LogP contribution in [0.15, 0.2) is 12.7 Å². The number of hydrogen-bond acceptors (Lipinski definition) is 2. The highest BCUT2D eigenvalue weighted by Crippen LogP contribution is 2.20. The maximum Gasteiger partial charge on any atom is 0.0612 e. The fourth-order valence-corrected chi connectivity index (χ4v) is 1.88. The zero-order chi connectivity index (χ0) is 10.6. The Bertz CT molecular complexity index is 179. The lowest BCUT2D eigenvalue weighted by molar-refractivity contribution is -0.0249. The molecule has 1 N–H and O–H groups in total. The van der Waals surface area contributed by atoms with Gasteiger partial charge in [-0.05, 0) is 25.7 Å². The molecule has 82 valence electrons. The van der Waals surface area contributed by atoms with Gasteiger partial charge in [-0.1, -0.05) is 19.9 Å². The van der Waals surface area contributed by atoms with E-state index in [-0.39, 0.29) is 0 Å². The summed E-state index contributed by atoms with van der Waals surface area (Å²) in [5.41, 5.74) is 0. The molecule has 1 heterocycles. The first kappa shape index (κ1) is 11.7. The van der Waals surface area contributed by atoms with Gasteiger partial charge in [0, 0.05) is 18.7 Å². The standard InChI is InChI=1S/C12H23NO/c1-5-10(4)13-11-6-7-14-12(8-11)9(2)3/h5,9-13H,1,6-8H2,2-4H3. The molecule has 3 unspecified atom stereocenters. The number of nitrogens with one attached hydrogen (secondary N) is 1. The quantitative estimate of drug-likeness (QED) is 0.699. The van der Waals surface area contributed by atoms with Gasteiger partial charge < -0.3 is 10.1 Å². The largest absolute Gasteiger partial charge is 0.378 e. The topological polar surface area (TPSA) is 21.3 Å². The van der Waals surface area contributed by atoms with Crippen molar-refractivity contribution in [3.8, 4) is 0 Å². The van der Waals surface area contributed by atoms with E-state index in [4.69, 9.17) is 4.74 Å². The van der Waals surface area contributed by atoms with E-state index in [0.29, 0.717) is 24.1 Å². The molecule has 1 aliphatic heterocycles. The van der Waals surface area contributed by atoms with Crippen LogP contribution in [-0.4, -0.2) is 24.8 Å². The van der Waals surface area contributed by atoms with Gasteiger partial charge in [0.15, 0.2) is 0 Å². The molecule has 0 bridgehead atoms. The zero-order valence-electron chi connectivity index (χ0n) is 9.62. The summed E-state index contributed by atoms with van der Waals surface area (Å²) in [6.45, 7) is 11.3. The van der Waals surface area contributed by atoms with Crippen LogP contribution in [0.5, 0.6) is 0 Å². The summed E-state index contributed by atoms with van der Waals surface area (Å²) in [4.78, 5) is 0. The van der Waals surface area contributed by atoms with Crippen molar-refractivity contribution in [2.45, 2.75) is 51.8 Å². The van der Waals surface area contributed by atoms with Gasteiger partial charge in [-0.2, -0.15) is 0 Å². The lowest BCUT2D eigenvalue weighted by Gasteiger charge is -2.33. The summed E-state index contributed by atoms with van der Waals surface area (Å²) in [5.74, 6) is 0.624. The van der Waals surface area contributed by atoms with E-state index in [9.17, 15) is 0 Å². The first-order valence-corrected chi connectivity index (χ1v) is 5.63. The molecule has 2 heteroatoms. The van der Waals surface area contributed by atoms with Crippen molar-refractivity contribution < 1.29 is 4.74 Å². The van der Waals surface area contributed by atoms with Gasteiger partial charge in [0.25, 0.3) is 0 Å². The van der Waals surface area contributed by atoms with E-state index in [0.717, 1.165) is 19.4 Å². The smallest absolute Gasteiger partial charge is 0.0612 e. The molecule has 0 amide bonds. The number of hydrogen-bond donors (Lipinski definition) is 1. The minimum absolute atomic E-state index is 0.408. The molecule has 0 aromatic rings. The third-order valence-corrected chi connectivity index (χ3v) is 2.91. The highest BCUT2D eigenvalue weighted by atomic mass is 16.5. The van der Waals surface area contributed by atoms with Crippen LogP contribution in [0, 0.1) is 5.92 Å². The number of ether oxygens (including phenoxy) is 1. The lowest BCUT2D eigenvalue weighted by atomic mass is 9.95. The van der Waals surface area contributed by atoms with Crippen molar-refractivity contribution in [2.24, 2.45) is 5.92 Å². The maximum atomic E-state index is 5.72. The minimum Gasteiger partial charge on any atom is -0.378 e. The average Bonchev–Trinajstić information content (AvgIpc) is 2.18. The van der Waals surface area contributed by atoms with Gasteiger partial charge in [-0.25, -0.2) is 0 Å². The summed E-state index contributed by atoms with van der Waals surface area (Å²) in [6.07, 6.45) is 4.65. The molecular weight excluding hydrogens is 174 g/mol. The Kier molecular flexibility index (Phi) is 4.63. The summed E-state index contributed by atoms with van der Waals surface area (Å²) in [7, 11) is 0. The van der Waals surface area contributed by atoms with E-state index >= 15 is 0 Å². The molecule has 3 atom stereocenters. The molecule has 0 aromatic carbocycles. The lowest BCUT2D eigenvalue weighted by Crippen LogP contribution is -2.43. The highest BCUT2D eigenvalue weighted by molar-refractivity contribution is 4.87. The maximum absolute atomic E-state index is 5.72. The van der Waals surface area contributed by atoms with Crippen molar-refractivity contribution in [1.29, 1.82) is 0 Å². The van der Waals surface area contributed by atoms with Gasteiger partial charge in [-0.15, -0.1) is 6.58 Å². The number of rotatable bonds is 4. The Labute approximate surface area is 87.7 Å². The van der Waals surface area contributed by atoms with Crippen LogP contribution >= 0.6 is 0 Å². The van der Waals surface area contributed by atoms with Crippen LogP contribution in [0.25, 0.3) is 0 Å². The van der Waals surface area contributed by atoms with Crippen LogP contribution in [0.3, 0.4) is 0 Å². The van der Waals surface area contributed by atoms with Gasteiger partial charge in [0.1, 0.15) is 0 Å². The second-order valence-corrected chi connectivity index (χ2v) is 4.57. The zero-order valence-corrected chi connectivity index (χ0v) is 9.62. The third kappa shape index (κ3) is 3.43. The first-order chi connectivity index (χ1) is 6.63. The van der Waals surface area contributed by atoms with E-state index in [1.807, 2.05) is 6.08 Å². The van der Waals surface area contributed by atoms with Crippen molar-refractivity contribution in [2.75, 3.05) is 6.61 Å². The van der Waals surface area contributed by atoms with Gasteiger partial charge in [0.2, 0.25) is 0 Å². The van der Waals surface area contributed by atoms with Crippen molar-refractivity contribution in [3.05, 3.63) is 12.7 Å². The monoisotopic (exact) mass is 197 g/mol. The molecule has 2 nitrogen and oxygen atoms in total. The summed E-state index contributed by atoms with van der Waals surface area (Å²) in [6, 6.07) is 1.01. The predicted octanol–water partition coefficient (Wildman–Crippen LogP) is 2.35. The van der Waals surface area contributed by atoms with Gasteiger partial charge >= 0.3 is 0 Å². The molecule has 1 saturated heterocycles. The van der Waals surface area contributed by atoms with Crippen LogP contribution in [0.2, 0.25) is 0 Å². The molecule has 1 rings (SSSR count). The van der Waals surface area contributed by atoms with E-state index in [2.05, 4.69) is 32.7 Å². The van der Waals surface area contributed by atoms with Crippen LogP contribution in [0.4, 0.5) is 0 Å². The molecular formula is C12H23NO. The van der Waals surface area contributed by atoms with Crippen LogP contribution < -0.4 is 5.32 Å². The molecule has 0 aliphatic carbocycles. The summed E-state index contributed by atoms with van der Waals surface area (Å²) < 4.78 is 5.72. The highest BCUT2D eigenvalue weighted by Gasteiger charge is 2.24. The molecule has 1 aliphatic rings. The fourth-order valence-electron chi connectivity index (χ4n) is 1.88. The summed E-state index contributed by atoms with van der Waals surface area (Å²) >= 11 is 0. The van der Waals surface area contributed by atoms with Crippen molar-refractivity contribution in [3.63, 3.8) is 0 Å². The molecule has 1 fully saturated rings. The molecule has 14 heavy (non-hydrogen) atoms. The Hall–Kier alpha value is -0.340. The van der Waals surface area contributed by atoms with E-state index in [1.165, 1.54) is 0 Å². The third-order valence-electron chi connectivity index (χ3n) is 2.91. The molecule has 0 aromatic heterocycles. The summed E-state index contributed by atoms with van der Waals surface area (Å²) in [5, 5.41) is 3.56. The minimum atomic E-state index is 0.408. The molecule has 0 radical (unpaired) electrons. The van der Waals surface area contributed by atoms with Crippen molar-refractivity contribution in [1.82, 2.24) is 5.32 Å². The second kappa shape index (κ2) is 5.52.